The van der Waals surface area contributed by atoms with E-state index in [-0.39, 0.29) is 0 Å². The van der Waals surface area contributed by atoms with Crippen molar-refractivity contribution in [2.75, 3.05) is 0 Å². The molecular weight excluding hydrogens is 268 g/mol. The van der Waals surface area contributed by atoms with Crippen molar-refractivity contribution in [2.45, 2.75) is 9.24 Å². The summed E-state index contributed by atoms with van der Waals surface area (Å²) in [6.07, 6.45) is 0. The van der Waals surface area contributed by atoms with Gasteiger partial charge in [-0.25, -0.2) is 0 Å². The van der Waals surface area contributed by atoms with Gasteiger partial charge in [-0.2, -0.15) is 0 Å². The average molecular weight is 273 g/mol. The summed E-state index contributed by atoms with van der Waals surface area (Å²) >= 11 is 6.44. The van der Waals surface area contributed by atoms with E-state index in [1.165, 1.54) is 16.2 Å². The first kappa shape index (κ1) is 9.18. The van der Waals surface area contributed by atoms with Gasteiger partial charge in [-0.3, -0.25) is 0 Å². The minimum atomic E-state index is 0.825. The van der Waals surface area contributed by atoms with Crippen LogP contribution in [0.25, 0.3) is 0 Å². The molecule has 0 radical (unpaired) electrons. The number of hydrogen-bond acceptors (Lipinski definition) is 4. The summed E-state index contributed by atoms with van der Waals surface area (Å²) in [4.78, 5) is 1.19. The Kier molecular flexibility index (Phi) is 2.97. The Bertz CT molecular complexity index is 388. The quantitative estimate of drug-likeness (QED) is 0.838. The zero-order valence-electron chi connectivity index (χ0n) is 6.48. The van der Waals surface area contributed by atoms with E-state index >= 15 is 0 Å². The number of nitrogens with zero attached hydrogens (tertiary/aromatic N) is 2. The Morgan fingerprint density at radius 3 is 2.54 bits per heavy atom. The van der Waals surface area contributed by atoms with Crippen molar-refractivity contribution in [3.63, 3.8) is 0 Å². The molecule has 0 saturated carbocycles. The van der Waals surface area contributed by atoms with Crippen LogP contribution in [0.5, 0.6) is 0 Å². The summed E-state index contributed by atoms with van der Waals surface area (Å²) in [6.45, 7) is 0. The van der Waals surface area contributed by atoms with Crippen molar-refractivity contribution in [3.05, 3.63) is 34.2 Å². The molecule has 0 aliphatic carbocycles. The summed E-state index contributed by atoms with van der Waals surface area (Å²) in [5.74, 6) is 0. The predicted molar refractivity (Wildman–Crippen MR) is 58.2 cm³/mol. The van der Waals surface area contributed by atoms with Gasteiger partial charge in [-0.15, -0.1) is 10.2 Å². The van der Waals surface area contributed by atoms with Gasteiger partial charge in [-0.05, 0) is 28.1 Å². The fourth-order valence-corrected chi connectivity index (χ4v) is 3.26. The summed E-state index contributed by atoms with van der Waals surface area (Å²) in [7, 11) is 0. The molecule has 0 saturated heterocycles. The molecule has 2 aromatic rings. The Morgan fingerprint density at radius 2 is 1.92 bits per heavy atom. The fourth-order valence-electron chi connectivity index (χ4n) is 0.824. The average Bonchev–Trinajstić information content (AvgIpc) is 2.53. The maximum Gasteiger partial charge on any atom is 0.184 e. The number of rotatable bonds is 2. The maximum atomic E-state index is 4.00. The molecule has 2 rings (SSSR count). The molecule has 1 aromatic heterocycles. The second-order valence-corrected chi connectivity index (χ2v) is 5.81. The molecule has 66 valence electrons. The third kappa shape index (κ3) is 2.52. The first-order valence-corrected chi connectivity index (χ1v) is 5.99. The Morgan fingerprint density at radius 1 is 1.15 bits per heavy atom. The van der Waals surface area contributed by atoms with Crippen molar-refractivity contribution in [3.8, 4) is 0 Å². The van der Waals surface area contributed by atoms with E-state index in [4.69, 9.17) is 0 Å². The standard InChI is InChI=1S/C8H5BrN2S2/c9-7-10-11-8(13-7)12-6-4-2-1-3-5-6/h1-5H. The van der Waals surface area contributed by atoms with E-state index in [1.807, 2.05) is 18.2 Å². The molecule has 1 heterocycles. The summed E-state index contributed by atoms with van der Waals surface area (Å²) in [6, 6.07) is 10.1. The van der Waals surface area contributed by atoms with Crippen LogP contribution >= 0.6 is 39.0 Å². The highest BCUT2D eigenvalue weighted by Crippen LogP contribution is 2.31. The van der Waals surface area contributed by atoms with Crippen LogP contribution in [0.2, 0.25) is 0 Å². The second kappa shape index (κ2) is 4.21. The Labute approximate surface area is 92.5 Å². The molecule has 2 nitrogen and oxygen atoms in total. The molecule has 0 bridgehead atoms. The van der Waals surface area contributed by atoms with Gasteiger partial charge < -0.3 is 0 Å². The van der Waals surface area contributed by atoms with Gasteiger partial charge in [0.05, 0.1) is 0 Å². The van der Waals surface area contributed by atoms with Crippen LogP contribution in [0.1, 0.15) is 0 Å². The van der Waals surface area contributed by atoms with Crippen LogP contribution in [-0.2, 0) is 0 Å². The van der Waals surface area contributed by atoms with Crippen LogP contribution in [0.15, 0.2) is 43.5 Å². The van der Waals surface area contributed by atoms with E-state index in [0.29, 0.717) is 0 Å². The zero-order valence-corrected chi connectivity index (χ0v) is 9.69. The van der Waals surface area contributed by atoms with Crippen LogP contribution < -0.4 is 0 Å². The van der Waals surface area contributed by atoms with Crippen molar-refractivity contribution in [1.29, 1.82) is 0 Å². The topological polar surface area (TPSA) is 25.8 Å². The van der Waals surface area contributed by atoms with Crippen LogP contribution in [-0.4, -0.2) is 10.2 Å². The van der Waals surface area contributed by atoms with Gasteiger partial charge in [0.1, 0.15) is 0 Å². The number of hydrogen-bond donors (Lipinski definition) is 0. The second-order valence-electron chi connectivity index (χ2n) is 2.24. The number of halogens is 1. The molecule has 0 aliphatic heterocycles. The van der Waals surface area contributed by atoms with Crippen molar-refractivity contribution in [2.24, 2.45) is 0 Å². The van der Waals surface area contributed by atoms with Gasteiger partial charge >= 0.3 is 0 Å². The monoisotopic (exact) mass is 272 g/mol. The maximum absolute atomic E-state index is 4.00. The lowest BCUT2D eigenvalue weighted by Crippen LogP contribution is -1.71. The van der Waals surface area contributed by atoms with E-state index < -0.39 is 0 Å². The highest BCUT2D eigenvalue weighted by Gasteiger charge is 2.02. The highest BCUT2D eigenvalue weighted by atomic mass is 79.9. The summed E-state index contributed by atoms with van der Waals surface area (Å²) in [5, 5.41) is 7.87. The lowest BCUT2D eigenvalue weighted by molar-refractivity contribution is 0.997. The van der Waals surface area contributed by atoms with Crippen molar-refractivity contribution < 1.29 is 0 Å². The Hall–Kier alpha value is -0.390. The largest absolute Gasteiger partial charge is 0.184 e. The van der Waals surface area contributed by atoms with Crippen LogP contribution in [0, 0.1) is 0 Å². The lowest BCUT2D eigenvalue weighted by atomic mass is 10.4. The lowest BCUT2D eigenvalue weighted by Gasteiger charge is -1.93. The first-order valence-electron chi connectivity index (χ1n) is 3.56. The molecule has 0 atom stereocenters. The fraction of sp³-hybridized carbons (Fsp3) is 0. The van der Waals surface area contributed by atoms with Crippen LogP contribution in [0.4, 0.5) is 0 Å². The van der Waals surface area contributed by atoms with E-state index in [1.54, 1.807) is 11.8 Å². The molecule has 0 spiro atoms. The van der Waals surface area contributed by atoms with E-state index in [9.17, 15) is 0 Å². The van der Waals surface area contributed by atoms with Gasteiger partial charge in [0.25, 0.3) is 0 Å². The molecule has 5 heteroatoms. The third-order valence-electron chi connectivity index (χ3n) is 1.33. The molecule has 0 amide bonds. The van der Waals surface area contributed by atoms with E-state index in [0.717, 1.165) is 8.26 Å². The minimum absolute atomic E-state index is 0.825. The SMILES string of the molecule is Brc1nnc(Sc2ccccc2)s1. The molecule has 0 aliphatic rings. The smallest absolute Gasteiger partial charge is 0.130 e. The van der Waals surface area contributed by atoms with Gasteiger partial charge in [0, 0.05) is 4.90 Å². The summed E-state index contributed by atoms with van der Waals surface area (Å²) in [5.41, 5.74) is 0. The highest BCUT2D eigenvalue weighted by molar-refractivity contribution is 9.11. The molecule has 0 unspecified atom stereocenters. The molecule has 0 N–H and O–H groups in total. The summed E-state index contributed by atoms with van der Waals surface area (Å²) < 4.78 is 1.78. The minimum Gasteiger partial charge on any atom is -0.130 e. The number of benzene rings is 1. The molecule has 0 fully saturated rings. The third-order valence-corrected chi connectivity index (χ3v) is 3.74. The predicted octanol–water partition coefficient (Wildman–Crippen LogP) is 3.45. The normalized spacial score (nSPS) is 10.2. The molecular formula is C8H5BrN2S2. The number of aromatic nitrogens is 2. The zero-order chi connectivity index (χ0) is 9.10. The Balaban J connectivity index is 2.15. The van der Waals surface area contributed by atoms with Gasteiger partial charge in [0.2, 0.25) is 0 Å². The van der Waals surface area contributed by atoms with E-state index in [2.05, 4.69) is 38.3 Å². The molecule has 1 aromatic carbocycles. The van der Waals surface area contributed by atoms with Crippen molar-refractivity contribution in [1.82, 2.24) is 10.2 Å². The van der Waals surface area contributed by atoms with Crippen molar-refractivity contribution >= 4 is 39.0 Å². The van der Waals surface area contributed by atoms with Crippen LogP contribution in [0.3, 0.4) is 0 Å². The van der Waals surface area contributed by atoms with Gasteiger partial charge in [-0.1, -0.05) is 41.3 Å². The first-order chi connectivity index (χ1) is 6.34. The molecule has 13 heavy (non-hydrogen) atoms. The van der Waals surface area contributed by atoms with Gasteiger partial charge in [0.15, 0.2) is 8.26 Å².